The molecule has 0 aromatic carbocycles. The van der Waals surface area contributed by atoms with Gasteiger partial charge in [-0.05, 0) is 38.5 Å². The third-order valence-corrected chi connectivity index (χ3v) is 12.2. The molecular weight excluding hydrogens is 763 g/mol. The number of carbonyl (C=O) groups excluding carboxylic acids is 2. The minimum atomic E-state index is -0.872. The van der Waals surface area contributed by atoms with Crippen LogP contribution in [0.2, 0.25) is 0 Å². The van der Waals surface area contributed by atoms with Crippen molar-refractivity contribution in [2.45, 2.75) is 270 Å². The Labute approximate surface area is 378 Å². The molecule has 0 aliphatic heterocycles. The summed E-state index contributed by atoms with van der Waals surface area (Å²) >= 11 is 0. The van der Waals surface area contributed by atoms with Gasteiger partial charge in [0.1, 0.15) is 6.61 Å². The van der Waals surface area contributed by atoms with Gasteiger partial charge in [0.15, 0.2) is 12.1 Å². The van der Waals surface area contributed by atoms with Gasteiger partial charge < -0.3 is 23.8 Å². The molecular formula is C53H102NO7+. The van der Waals surface area contributed by atoms with Crippen molar-refractivity contribution < 1.29 is 38.2 Å². The number of carboxylic acid groups (broad SMARTS) is 1. The first kappa shape index (κ1) is 59.1. The van der Waals surface area contributed by atoms with E-state index in [0.717, 1.165) is 51.4 Å². The first-order valence-corrected chi connectivity index (χ1v) is 26.2. The van der Waals surface area contributed by atoms with Crippen molar-refractivity contribution in [2.75, 3.05) is 41.0 Å². The fourth-order valence-corrected chi connectivity index (χ4v) is 8.09. The molecule has 0 aliphatic rings. The van der Waals surface area contributed by atoms with Gasteiger partial charge in [-0.3, -0.25) is 9.59 Å². The molecule has 0 bridgehead atoms. The van der Waals surface area contributed by atoms with Crippen molar-refractivity contribution in [3.05, 3.63) is 12.2 Å². The Hall–Kier alpha value is -1.93. The van der Waals surface area contributed by atoms with Crippen LogP contribution >= 0.6 is 0 Å². The number of unbranched alkanes of at least 4 members (excludes halogenated alkanes) is 32. The zero-order chi connectivity index (χ0) is 44.9. The molecule has 8 heteroatoms. The number of allylic oxidation sites excluding steroid dienone is 2. The van der Waals surface area contributed by atoms with E-state index in [-0.39, 0.29) is 36.2 Å². The highest BCUT2D eigenvalue weighted by Gasteiger charge is 2.31. The molecule has 0 fully saturated rings. The predicted octanol–water partition coefficient (Wildman–Crippen LogP) is 15.0. The molecule has 360 valence electrons. The van der Waals surface area contributed by atoms with Gasteiger partial charge in [0.25, 0.3) is 0 Å². The van der Waals surface area contributed by atoms with Crippen LogP contribution in [0.4, 0.5) is 0 Å². The van der Waals surface area contributed by atoms with Crippen molar-refractivity contribution >= 4 is 17.9 Å². The van der Waals surface area contributed by atoms with Crippen LogP contribution in [0.3, 0.4) is 0 Å². The number of esters is 2. The number of hydrogen-bond acceptors (Lipinski definition) is 6. The maximum Gasteiger partial charge on any atom is 0.362 e. The molecule has 0 heterocycles. The number of nitrogens with zero attached hydrogens (tertiary/aromatic N) is 1. The average Bonchev–Trinajstić information content (AvgIpc) is 3.22. The molecule has 0 rings (SSSR count). The molecule has 61 heavy (non-hydrogen) atoms. The molecule has 0 spiro atoms. The Balaban J connectivity index is 4.16. The normalized spacial score (nSPS) is 12.9. The lowest BCUT2D eigenvalue weighted by molar-refractivity contribution is -0.887. The lowest BCUT2D eigenvalue weighted by atomic mass is 10.0. The predicted molar refractivity (Wildman–Crippen MR) is 257 cm³/mol. The fraction of sp³-hybridized carbons (Fsp3) is 0.906. The van der Waals surface area contributed by atoms with Crippen LogP contribution in [-0.2, 0) is 28.6 Å². The van der Waals surface area contributed by atoms with Gasteiger partial charge in [-0.15, -0.1) is 0 Å². The van der Waals surface area contributed by atoms with E-state index in [4.69, 9.17) is 14.2 Å². The van der Waals surface area contributed by atoms with Crippen LogP contribution in [0.1, 0.15) is 258 Å². The summed E-state index contributed by atoms with van der Waals surface area (Å²) < 4.78 is 17.3. The lowest BCUT2D eigenvalue weighted by Crippen LogP contribution is -2.50. The second kappa shape index (κ2) is 44.7. The maximum absolute atomic E-state index is 12.8. The fourth-order valence-electron chi connectivity index (χ4n) is 8.09. The van der Waals surface area contributed by atoms with Crippen LogP contribution in [0.15, 0.2) is 12.2 Å². The van der Waals surface area contributed by atoms with E-state index in [2.05, 4.69) is 26.0 Å². The minimum absolute atomic E-state index is 0.0526. The van der Waals surface area contributed by atoms with Crippen LogP contribution in [-0.4, -0.2) is 80.6 Å². The highest BCUT2D eigenvalue weighted by atomic mass is 16.6. The zero-order valence-electron chi connectivity index (χ0n) is 41.1. The van der Waals surface area contributed by atoms with Crippen LogP contribution in [0.25, 0.3) is 0 Å². The Morgan fingerprint density at radius 1 is 0.475 bits per heavy atom. The SMILES string of the molecule is CCCCCCCCC/C=C/CCCCCC(=O)OCC(COCCC(C(=O)O)[N+](C)(C)C)OC(=O)CCCCCCCCCCCCCCCCCCCCCCCCC. The number of quaternary nitrogens is 1. The molecule has 0 radical (unpaired) electrons. The molecule has 0 amide bonds. The monoisotopic (exact) mass is 865 g/mol. The van der Waals surface area contributed by atoms with Gasteiger partial charge >= 0.3 is 17.9 Å². The van der Waals surface area contributed by atoms with Crippen molar-refractivity contribution in [1.29, 1.82) is 0 Å². The van der Waals surface area contributed by atoms with Crippen molar-refractivity contribution in [3.8, 4) is 0 Å². The number of carbonyl (C=O) groups is 3. The third-order valence-electron chi connectivity index (χ3n) is 12.2. The Kier molecular flexibility index (Phi) is 43.3. The Bertz CT molecular complexity index is 1010. The van der Waals surface area contributed by atoms with Gasteiger partial charge in [0, 0.05) is 19.3 Å². The summed E-state index contributed by atoms with van der Waals surface area (Å²) in [4.78, 5) is 37.1. The van der Waals surface area contributed by atoms with E-state index < -0.39 is 18.1 Å². The number of aliphatic carboxylic acids is 1. The van der Waals surface area contributed by atoms with Gasteiger partial charge in [-0.1, -0.05) is 212 Å². The third kappa shape index (κ3) is 43.1. The molecule has 2 atom stereocenters. The molecule has 2 unspecified atom stereocenters. The van der Waals surface area contributed by atoms with Gasteiger partial charge in [0.05, 0.1) is 34.4 Å². The topological polar surface area (TPSA) is 99.1 Å². The first-order chi connectivity index (χ1) is 29.6. The Morgan fingerprint density at radius 2 is 0.820 bits per heavy atom. The van der Waals surface area contributed by atoms with Crippen LogP contribution in [0, 0.1) is 0 Å². The number of ether oxygens (including phenoxy) is 3. The van der Waals surface area contributed by atoms with E-state index in [9.17, 15) is 19.5 Å². The van der Waals surface area contributed by atoms with Crippen molar-refractivity contribution in [2.24, 2.45) is 0 Å². The smallest absolute Gasteiger partial charge is 0.362 e. The summed E-state index contributed by atoms with van der Waals surface area (Å²) in [5.41, 5.74) is 0. The summed E-state index contributed by atoms with van der Waals surface area (Å²) in [6.07, 6.45) is 49.8. The van der Waals surface area contributed by atoms with Crippen LogP contribution < -0.4 is 0 Å². The number of rotatable bonds is 48. The highest BCUT2D eigenvalue weighted by molar-refractivity contribution is 5.72. The van der Waals surface area contributed by atoms with E-state index >= 15 is 0 Å². The molecule has 0 saturated carbocycles. The second-order valence-corrected chi connectivity index (χ2v) is 19.1. The maximum atomic E-state index is 12.8. The largest absolute Gasteiger partial charge is 0.477 e. The van der Waals surface area contributed by atoms with Gasteiger partial charge in [-0.2, -0.15) is 0 Å². The molecule has 0 aromatic rings. The lowest BCUT2D eigenvalue weighted by Gasteiger charge is -2.31. The Morgan fingerprint density at radius 3 is 1.20 bits per heavy atom. The average molecular weight is 865 g/mol. The summed E-state index contributed by atoms with van der Waals surface area (Å²) in [7, 11) is 5.54. The molecule has 0 aromatic heterocycles. The summed E-state index contributed by atoms with van der Waals surface area (Å²) in [5.74, 6) is -1.47. The number of carboxylic acids is 1. The van der Waals surface area contributed by atoms with Gasteiger partial charge in [0.2, 0.25) is 0 Å². The summed E-state index contributed by atoms with van der Waals surface area (Å²) in [6.45, 7) is 4.76. The standard InChI is InChI=1S/C53H101NO7/c1-6-8-10-12-14-16-18-20-22-23-24-25-26-27-28-29-30-32-34-36-38-40-42-44-52(56)61-49(47-59-46-45-50(53(57)58)54(3,4)5)48-60-51(55)43-41-39-37-35-33-31-21-19-17-15-13-11-9-7-2/h31,33,49-50H,6-30,32,34-48H2,1-5H3/p+1/b33-31+. The first-order valence-electron chi connectivity index (χ1n) is 26.2. The molecule has 1 N–H and O–H groups in total. The van der Waals surface area contributed by atoms with Crippen LogP contribution in [0.5, 0.6) is 0 Å². The minimum Gasteiger partial charge on any atom is -0.477 e. The molecule has 0 aliphatic carbocycles. The highest BCUT2D eigenvalue weighted by Crippen LogP contribution is 2.17. The van der Waals surface area contributed by atoms with E-state index in [1.807, 2.05) is 21.1 Å². The quantitative estimate of drug-likeness (QED) is 0.0281. The van der Waals surface area contributed by atoms with E-state index in [0.29, 0.717) is 19.3 Å². The molecule has 8 nitrogen and oxygen atoms in total. The number of hydrogen-bond donors (Lipinski definition) is 1. The van der Waals surface area contributed by atoms with Gasteiger partial charge in [-0.25, -0.2) is 4.79 Å². The number of likely N-dealkylation sites (N-methyl/N-ethyl adjacent to an activating group) is 1. The second-order valence-electron chi connectivity index (χ2n) is 19.1. The summed E-state index contributed by atoms with van der Waals surface area (Å²) in [6, 6.07) is -0.613. The zero-order valence-corrected chi connectivity index (χ0v) is 41.1. The van der Waals surface area contributed by atoms with Crippen molar-refractivity contribution in [1.82, 2.24) is 0 Å². The van der Waals surface area contributed by atoms with Crippen molar-refractivity contribution in [3.63, 3.8) is 0 Å². The summed E-state index contributed by atoms with van der Waals surface area (Å²) in [5, 5.41) is 9.65. The van der Waals surface area contributed by atoms with E-state index in [1.54, 1.807) is 0 Å². The molecule has 0 saturated heterocycles. The van der Waals surface area contributed by atoms with E-state index in [1.165, 1.54) is 173 Å².